The molecule has 2 fully saturated rings. The molecule has 1 aromatic heterocycles. The molecule has 2 bridgehead atoms. The highest BCUT2D eigenvalue weighted by Gasteiger charge is 2.38. The van der Waals surface area contributed by atoms with Crippen LogP contribution in [0.2, 0.25) is 0 Å². The van der Waals surface area contributed by atoms with Gasteiger partial charge >= 0.3 is 0 Å². The zero-order chi connectivity index (χ0) is 11.0. The van der Waals surface area contributed by atoms with Crippen LogP contribution in [0.3, 0.4) is 0 Å². The smallest absolute Gasteiger partial charge is 0.289 e. The average Bonchev–Trinajstić information content (AvgIpc) is 2.92. The van der Waals surface area contributed by atoms with Crippen molar-refractivity contribution in [3.8, 4) is 0 Å². The Morgan fingerprint density at radius 1 is 1.38 bits per heavy atom. The summed E-state index contributed by atoms with van der Waals surface area (Å²) in [7, 11) is 0. The molecule has 3 atom stereocenters. The first kappa shape index (κ1) is 9.72. The van der Waals surface area contributed by atoms with E-state index in [0.717, 1.165) is 13.1 Å². The molecule has 1 amide bonds. The molecule has 2 aliphatic rings. The summed E-state index contributed by atoms with van der Waals surface area (Å²) in [6.45, 7) is 3.28. The van der Waals surface area contributed by atoms with Crippen LogP contribution in [0, 0.1) is 5.92 Å². The standard InChI is InChI=1S/C11H14N4O/c16-11(10-12-3-1-4-13-10)14-9-7-15-5-2-8(9)6-15/h1,3-4,8-9H,2,5-7H2,(H,14,16). The predicted molar refractivity (Wildman–Crippen MR) is 57.8 cm³/mol. The Bertz CT molecular complexity index is 394. The normalized spacial score (nSPS) is 31.6. The molecule has 2 saturated heterocycles. The molecule has 0 aliphatic carbocycles. The highest BCUT2D eigenvalue weighted by Crippen LogP contribution is 2.27. The number of nitrogens with one attached hydrogen (secondary N) is 1. The van der Waals surface area contributed by atoms with Gasteiger partial charge in [-0.1, -0.05) is 0 Å². The number of nitrogens with zero attached hydrogens (tertiary/aromatic N) is 3. The molecular weight excluding hydrogens is 204 g/mol. The monoisotopic (exact) mass is 218 g/mol. The van der Waals surface area contributed by atoms with Crippen LogP contribution >= 0.6 is 0 Å². The van der Waals surface area contributed by atoms with Gasteiger partial charge in [-0.15, -0.1) is 0 Å². The Kier molecular flexibility index (Phi) is 2.32. The van der Waals surface area contributed by atoms with Gasteiger partial charge in [0.25, 0.3) is 5.91 Å². The van der Waals surface area contributed by atoms with Crippen LogP contribution in [0.4, 0.5) is 0 Å². The summed E-state index contributed by atoms with van der Waals surface area (Å²) < 4.78 is 0. The number of rotatable bonds is 2. The lowest BCUT2D eigenvalue weighted by molar-refractivity contribution is 0.0913. The van der Waals surface area contributed by atoms with Crippen molar-refractivity contribution in [1.82, 2.24) is 20.2 Å². The fourth-order valence-corrected chi connectivity index (χ4v) is 2.60. The lowest BCUT2D eigenvalue weighted by Crippen LogP contribution is -2.43. The molecule has 0 saturated carbocycles. The Labute approximate surface area is 93.9 Å². The van der Waals surface area contributed by atoms with Gasteiger partial charge in [-0.2, -0.15) is 0 Å². The van der Waals surface area contributed by atoms with Crippen LogP contribution in [-0.2, 0) is 0 Å². The Morgan fingerprint density at radius 3 is 2.81 bits per heavy atom. The van der Waals surface area contributed by atoms with Crippen molar-refractivity contribution >= 4 is 5.91 Å². The van der Waals surface area contributed by atoms with Gasteiger partial charge in [-0.25, -0.2) is 9.97 Å². The average molecular weight is 218 g/mol. The summed E-state index contributed by atoms with van der Waals surface area (Å²) in [5, 5.41) is 3.02. The number of aromatic nitrogens is 2. The SMILES string of the molecule is O=C(NC1CN2CCC1C2)c1ncccn1. The molecule has 84 valence electrons. The summed E-state index contributed by atoms with van der Waals surface area (Å²) in [6.07, 6.45) is 4.37. The minimum absolute atomic E-state index is 0.153. The van der Waals surface area contributed by atoms with Crippen LogP contribution in [-0.4, -0.2) is 46.5 Å². The fourth-order valence-electron chi connectivity index (χ4n) is 2.60. The number of carbonyl (C=O) groups is 1. The van der Waals surface area contributed by atoms with E-state index in [0.29, 0.717) is 5.92 Å². The van der Waals surface area contributed by atoms with E-state index in [9.17, 15) is 4.79 Å². The molecule has 5 heteroatoms. The second-order valence-electron chi connectivity index (χ2n) is 4.46. The van der Waals surface area contributed by atoms with Crippen molar-refractivity contribution in [3.63, 3.8) is 0 Å². The molecule has 3 heterocycles. The predicted octanol–water partition coefficient (Wildman–Crippen LogP) is -0.0895. The van der Waals surface area contributed by atoms with Crippen LogP contribution < -0.4 is 5.32 Å². The molecular formula is C11H14N4O. The molecule has 16 heavy (non-hydrogen) atoms. The van der Waals surface area contributed by atoms with E-state index >= 15 is 0 Å². The first-order chi connectivity index (χ1) is 7.83. The summed E-state index contributed by atoms with van der Waals surface area (Å²) >= 11 is 0. The van der Waals surface area contributed by atoms with Crippen molar-refractivity contribution in [1.29, 1.82) is 0 Å². The van der Waals surface area contributed by atoms with Gasteiger partial charge in [-0.05, 0) is 24.9 Å². The lowest BCUT2D eigenvalue weighted by atomic mass is 10.00. The van der Waals surface area contributed by atoms with Crippen molar-refractivity contribution in [2.75, 3.05) is 19.6 Å². The highest BCUT2D eigenvalue weighted by molar-refractivity contribution is 5.90. The lowest BCUT2D eigenvalue weighted by Gasteiger charge is -2.22. The summed E-state index contributed by atoms with van der Waals surface area (Å²) in [6, 6.07) is 1.99. The van der Waals surface area contributed by atoms with Gasteiger partial charge in [0.05, 0.1) is 0 Å². The van der Waals surface area contributed by atoms with E-state index in [1.165, 1.54) is 13.0 Å². The Hall–Kier alpha value is -1.49. The van der Waals surface area contributed by atoms with Gasteiger partial charge in [0.1, 0.15) is 0 Å². The highest BCUT2D eigenvalue weighted by atomic mass is 16.2. The molecule has 0 radical (unpaired) electrons. The molecule has 1 N–H and O–H groups in total. The Morgan fingerprint density at radius 2 is 2.19 bits per heavy atom. The molecule has 3 rings (SSSR count). The molecule has 0 spiro atoms. The van der Waals surface area contributed by atoms with Gasteiger partial charge in [0.15, 0.2) is 0 Å². The van der Waals surface area contributed by atoms with Crippen molar-refractivity contribution in [2.45, 2.75) is 12.5 Å². The summed E-state index contributed by atoms with van der Waals surface area (Å²) in [5.74, 6) is 0.729. The quantitative estimate of drug-likeness (QED) is 0.753. The van der Waals surface area contributed by atoms with E-state index in [4.69, 9.17) is 0 Å². The summed E-state index contributed by atoms with van der Waals surface area (Å²) in [5.41, 5.74) is 0. The molecule has 1 aromatic rings. The van der Waals surface area contributed by atoms with Gasteiger partial charge in [-0.3, -0.25) is 4.79 Å². The van der Waals surface area contributed by atoms with Crippen molar-refractivity contribution in [2.24, 2.45) is 5.92 Å². The number of piperidine rings is 1. The van der Waals surface area contributed by atoms with E-state index in [1.54, 1.807) is 18.5 Å². The minimum Gasteiger partial charge on any atom is -0.345 e. The Balaban J connectivity index is 1.65. The second-order valence-corrected chi connectivity index (χ2v) is 4.46. The molecule has 5 nitrogen and oxygen atoms in total. The number of hydrogen-bond donors (Lipinski definition) is 1. The van der Waals surface area contributed by atoms with Crippen LogP contribution in [0.5, 0.6) is 0 Å². The number of amides is 1. The van der Waals surface area contributed by atoms with Crippen molar-refractivity contribution in [3.05, 3.63) is 24.3 Å². The van der Waals surface area contributed by atoms with Crippen LogP contribution in [0.15, 0.2) is 18.5 Å². The maximum atomic E-state index is 11.8. The fraction of sp³-hybridized carbons (Fsp3) is 0.545. The third-order valence-corrected chi connectivity index (χ3v) is 3.42. The molecule has 3 unspecified atom stereocenters. The molecule has 2 aliphatic heterocycles. The van der Waals surface area contributed by atoms with E-state index < -0.39 is 0 Å². The van der Waals surface area contributed by atoms with E-state index in [1.807, 2.05) is 0 Å². The maximum Gasteiger partial charge on any atom is 0.289 e. The third-order valence-electron chi connectivity index (χ3n) is 3.42. The second kappa shape index (κ2) is 3.83. The van der Waals surface area contributed by atoms with Gasteiger partial charge in [0, 0.05) is 31.5 Å². The topological polar surface area (TPSA) is 58.1 Å². The maximum absolute atomic E-state index is 11.8. The first-order valence-electron chi connectivity index (χ1n) is 5.63. The zero-order valence-corrected chi connectivity index (χ0v) is 8.97. The summed E-state index contributed by atoms with van der Waals surface area (Å²) in [4.78, 5) is 22.1. The van der Waals surface area contributed by atoms with Gasteiger partial charge < -0.3 is 10.2 Å². The number of hydrogen-bond acceptors (Lipinski definition) is 4. The number of carbonyl (C=O) groups excluding carboxylic acids is 1. The largest absolute Gasteiger partial charge is 0.345 e. The van der Waals surface area contributed by atoms with Crippen LogP contribution in [0.25, 0.3) is 0 Å². The zero-order valence-electron chi connectivity index (χ0n) is 8.97. The first-order valence-corrected chi connectivity index (χ1v) is 5.63. The number of fused-ring (bicyclic) bond motifs is 2. The van der Waals surface area contributed by atoms with Crippen LogP contribution in [0.1, 0.15) is 17.0 Å². The van der Waals surface area contributed by atoms with E-state index in [2.05, 4.69) is 20.2 Å². The van der Waals surface area contributed by atoms with Gasteiger partial charge in [0.2, 0.25) is 5.82 Å². The minimum atomic E-state index is -0.153. The molecule has 0 aromatic carbocycles. The van der Waals surface area contributed by atoms with E-state index in [-0.39, 0.29) is 17.8 Å². The third kappa shape index (κ3) is 1.67. The van der Waals surface area contributed by atoms with Crippen molar-refractivity contribution < 1.29 is 4.79 Å².